The topological polar surface area (TPSA) is 38.7 Å². The van der Waals surface area contributed by atoms with Gasteiger partial charge in [-0.1, -0.05) is 38.3 Å². The monoisotopic (exact) mass is 264 g/mol. The zero-order chi connectivity index (χ0) is 14.1. The molecule has 0 unspecified atom stereocenters. The maximum Gasteiger partial charge on any atom is 0.203 e. The molecule has 0 atom stereocenters. The molecule has 1 aromatic carbocycles. The summed E-state index contributed by atoms with van der Waals surface area (Å²) in [5.74, 6) is 1.16. The minimum absolute atomic E-state index is 0.110. The molecule has 0 aliphatic rings. The van der Waals surface area contributed by atoms with Gasteiger partial charge in [-0.15, -0.1) is 6.58 Å². The van der Waals surface area contributed by atoms with Crippen molar-refractivity contribution in [2.24, 2.45) is 0 Å². The Labute approximate surface area is 115 Å². The van der Waals surface area contributed by atoms with Crippen LogP contribution in [0.1, 0.15) is 38.2 Å². The molecule has 0 saturated carbocycles. The van der Waals surface area contributed by atoms with E-state index in [2.05, 4.69) is 13.5 Å². The molecule has 0 spiro atoms. The molecule has 0 saturated heterocycles. The van der Waals surface area contributed by atoms with Gasteiger partial charge >= 0.3 is 0 Å². The highest BCUT2D eigenvalue weighted by atomic mass is 16.5. The first-order valence-corrected chi connectivity index (χ1v) is 6.87. The summed E-state index contributed by atoms with van der Waals surface area (Å²) in [5, 5.41) is 9.79. The average Bonchev–Trinajstić information content (AvgIpc) is 2.41. The van der Waals surface area contributed by atoms with Crippen LogP contribution in [0.15, 0.2) is 24.8 Å². The lowest BCUT2D eigenvalue weighted by atomic mass is 10.1. The van der Waals surface area contributed by atoms with Crippen molar-refractivity contribution in [3.8, 4) is 17.2 Å². The average molecular weight is 264 g/mol. The molecule has 1 aromatic rings. The largest absolute Gasteiger partial charge is 0.504 e. The van der Waals surface area contributed by atoms with Crippen molar-refractivity contribution >= 4 is 0 Å². The maximum atomic E-state index is 9.79. The van der Waals surface area contributed by atoms with Gasteiger partial charge in [-0.2, -0.15) is 0 Å². The SMILES string of the molecule is C=CCc1ccc(O)c(OC)c1OCCCCCC. The Morgan fingerprint density at radius 2 is 2.00 bits per heavy atom. The number of ether oxygens (including phenoxy) is 2. The zero-order valence-corrected chi connectivity index (χ0v) is 11.9. The van der Waals surface area contributed by atoms with E-state index in [4.69, 9.17) is 9.47 Å². The standard InChI is InChI=1S/C16H24O3/c1-4-6-7-8-12-19-15-13(9-5-2)10-11-14(17)16(15)18-3/h5,10-11,17H,2,4,6-9,12H2,1,3H3. The van der Waals surface area contributed by atoms with Gasteiger partial charge < -0.3 is 14.6 Å². The number of unbranched alkanes of at least 4 members (excludes halogenated alkanes) is 3. The van der Waals surface area contributed by atoms with Crippen LogP contribution in [-0.4, -0.2) is 18.8 Å². The fourth-order valence-corrected chi connectivity index (χ4v) is 1.97. The quantitative estimate of drug-likeness (QED) is 0.539. The third kappa shape index (κ3) is 4.51. The van der Waals surface area contributed by atoms with Crippen LogP contribution in [0.2, 0.25) is 0 Å². The lowest BCUT2D eigenvalue weighted by Crippen LogP contribution is -2.02. The zero-order valence-electron chi connectivity index (χ0n) is 11.9. The van der Waals surface area contributed by atoms with Crippen molar-refractivity contribution < 1.29 is 14.6 Å². The molecular formula is C16H24O3. The molecule has 106 valence electrons. The highest BCUT2D eigenvalue weighted by Gasteiger charge is 2.14. The molecule has 0 aliphatic carbocycles. The van der Waals surface area contributed by atoms with Gasteiger partial charge in [-0.25, -0.2) is 0 Å². The maximum absolute atomic E-state index is 9.79. The van der Waals surface area contributed by atoms with Gasteiger partial charge in [0.05, 0.1) is 13.7 Å². The normalized spacial score (nSPS) is 10.2. The molecular weight excluding hydrogens is 240 g/mol. The van der Waals surface area contributed by atoms with Crippen LogP contribution in [0, 0.1) is 0 Å². The van der Waals surface area contributed by atoms with Gasteiger partial charge in [0.2, 0.25) is 5.75 Å². The molecule has 1 rings (SSSR count). The van der Waals surface area contributed by atoms with Crippen LogP contribution in [0.4, 0.5) is 0 Å². The molecule has 0 aliphatic heterocycles. The number of rotatable bonds is 9. The smallest absolute Gasteiger partial charge is 0.203 e. The van der Waals surface area contributed by atoms with Crippen molar-refractivity contribution in [2.45, 2.75) is 39.0 Å². The summed E-state index contributed by atoms with van der Waals surface area (Å²) in [5.41, 5.74) is 0.986. The van der Waals surface area contributed by atoms with Crippen molar-refractivity contribution in [3.05, 3.63) is 30.4 Å². The summed E-state index contributed by atoms with van der Waals surface area (Å²) in [4.78, 5) is 0. The first-order valence-electron chi connectivity index (χ1n) is 6.87. The van der Waals surface area contributed by atoms with Crippen LogP contribution in [-0.2, 0) is 6.42 Å². The number of hydrogen-bond acceptors (Lipinski definition) is 3. The number of aromatic hydroxyl groups is 1. The first kappa shape index (κ1) is 15.4. The van der Waals surface area contributed by atoms with Gasteiger partial charge in [0.25, 0.3) is 0 Å². The van der Waals surface area contributed by atoms with Crippen LogP contribution in [0.25, 0.3) is 0 Å². The van der Waals surface area contributed by atoms with E-state index in [1.807, 2.05) is 12.1 Å². The van der Waals surface area contributed by atoms with E-state index >= 15 is 0 Å². The molecule has 3 heteroatoms. The lowest BCUT2D eigenvalue weighted by molar-refractivity contribution is 0.276. The Morgan fingerprint density at radius 3 is 2.63 bits per heavy atom. The fourth-order valence-electron chi connectivity index (χ4n) is 1.97. The molecule has 0 aromatic heterocycles. The van der Waals surface area contributed by atoms with Gasteiger partial charge in [0.1, 0.15) is 0 Å². The molecule has 0 radical (unpaired) electrons. The van der Waals surface area contributed by atoms with Gasteiger partial charge in [-0.05, 0) is 18.9 Å². The second-order valence-electron chi connectivity index (χ2n) is 4.51. The molecule has 1 N–H and O–H groups in total. The minimum Gasteiger partial charge on any atom is -0.504 e. The summed E-state index contributed by atoms with van der Waals surface area (Å²) < 4.78 is 11.0. The number of methoxy groups -OCH3 is 1. The molecule has 0 fully saturated rings. The van der Waals surface area contributed by atoms with Crippen LogP contribution in [0.3, 0.4) is 0 Å². The van der Waals surface area contributed by atoms with Gasteiger partial charge in [0.15, 0.2) is 11.5 Å². The van der Waals surface area contributed by atoms with E-state index in [9.17, 15) is 5.11 Å². The number of allylic oxidation sites excluding steroid dienone is 1. The molecule has 0 heterocycles. The first-order chi connectivity index (χ1) is 9.24. The van der Waals surface area contributed by atoms with E-state index in [0.29, 0.717) is 24.5 Å². The molecule has 3 nitrogen and oxygen atoms in total. The van der Waals surface area contributed by atoms with Crippen molar-refractivity contribution in [3.63, 3.8) is 0 Å². The van der Waals surface area contributed by atoms with E-state index < -0.39 is 0 Å². The Morgan fingerprint density at radius 1 is 1.21 bits per heavy atom. The Hall–Kier alpha value is -1.64. The molecule has 0 bridgehead atoms. The van der Waals surface area contributed by atoms with Gasteiger partial charge in [0, 0.05) is 5.56 Å². The van der Waals surface area contributed by atoms with E-state index in [0.717, 1.165) is 18.4 Å². The summed E-state index contributed by atoms with van der Waals surface area (Å²) in [6, 6.07) is 3.47. The summed E-state index contributed by atoms with van der Waals surface area (Å²) in [7, 11) is 1.54. The number of phenolic OH excluding ortho intramolecular Hbond substituents is 1. The van der Waals surface area contributed by atoms with Crippen LogP contribution < -0.4 is 9.47 Å². The highest BCUT2D eigenvalue weighted by molar-refractivity contribution is 5.55. The van der Waals surface area contributed by atoms with Crippen molar-refractivity contribution in [1.29, 1.82) is 0 Å². The second kappa shape index (κ2) is 8.46. The second-order valence-corrected chi connectivity index (χ2v) is 4.51. The Bertz CT molecular complexity index is 399. The highest BCUT2D eigenvalue weighted by Crippen LogP contribution is 2.39. The number of hydrogen-bond donors (Lipinski definition) is 1. The number of phenols is 1. The summed E-state index contributed by atoms with van der Waals surface area (Å²) in [6.07, 6.45) is 7.11. The minimum atomic E-state index is 0.110. The fraction of sp³-hybridized carbons (Fsp3) is 0.500. The third-order valence-corrected chi connectivity index (χ3v) is 2.99. The lowest BCUT2D eigenvalue weighted by Gasteiger charge is -2.15. The Kier molecular flexibility index (Phi) is 6.86. The van der Waals surface area contributed by atoms with Crippen molar-refractivity contribution in [1.82, 2.24) is 0 Å². The van der Waals surface area contributed by atoms with Crippen LogP contribution >= 0.6 is 0 Å². The van der Waals surface area contributed by atoms with E-state index in [1.54, 1.807) is 6.07 Å². The molecule has 0 amide bonds. The van der Waals surface area contributed by atoms with E-state index in [1.165, 1.54) is 20.0 Å². The van der Waals surface area contributed by atoms with Gasteiger partial charge in [-0.3, -0.25) is 0 Å². The predicted octanol–water partition coefficient (Wildman–Crippen LogP) is 4.09. The third-order valence-electron chi connectivity index (χ3n) is 2.99. The number of benzene rings is 1. The summed E-state index contributed by atoms with van der Waals surface area (Å²) in [6.45, 7) is 6.56. The molecule has 19 heavy (non-hydrogen) atoms. The summed E-state index contributed by atoms with van der Waals surface area (Å²) >= 11 is 0. The van der Waals surface area contributed by atoms with Crippen molar-refractivity contribution in [2.75, 3.05) is 13.7 Å². The Balaban J connectivity index is 2.76. The van der Waals surface area contributed by atoms with E-state index in [-0.39, 0.29) is 5.75 Å². The van der Waals surface area contributed by atoms with Crippen LogP contribution in [0.5, 0.6) is 17.2 Å². The predicted molar refractivity (Wildman–Crippen MR) is 78.2 cm³/mol.